The Morgan fingerprint density at radius 3 is 2.62 bits per heavy atom. The minimum atomic E-state index is 0.0312. The Balaban J connectivity index is 1.84. The maximum Gasteiger partial charge on any atom is 0.182 e. The lowest BCUT2D eigenvalue weighted by Gasteiger charge is -2.33. The summed E-state index contributed by atoms with van der Waals surface area (Å²) in [5.41, 5.74) is 2.12. The van der Waals surface area contributed by atoms with Crippen LogP contribution in [0.2, 0.25) is 5.02 Å². The van der Waals surface area contributed by atoms with Crippen molar-refractivity contribution in [2.75, 3.05) is 0 Å². The molecule has 1 aromatic heterocycles. The van der Waals surface area contributed by atoms with E-state index in [4.69, 9.17) is 17.0 Å². The highest BCUT2D eigenvalue weighted by molar-refractivity contribution is 7.09. The number of aromatic nitrogens is 1. The van der Waals surface area contributed by atoms with E-state index in [2.05, 4.69) is 20.8 Å². The number of nitrogens with one attached hydrogen (secondary N) is 1. The van der Waals surface area contributed by atoms with Gasteiger partial charge in [0.2, 0.25) is 0 Å². The van der Waals surface area contributed by atoms with Gasteiger partial charge in [0.1, 0.15) is 0 Å². The molecular formula is C19H23ClN2OS. The summed E-state index contributed by atoms with van der Waals surface area (Å²) in [5.74, 6) is 0.673. The third-order valence-electron chi connectivity index (χ3n) is 4.97. The van der Waals surface area contributed by atoms with E-state index in [1.165, 1.54) is 21.9 Å². The number of halogens is 1. The van der Waals surface area contributed by atoms with Crippen molar-refractivity contribution in [1.82, 2.24) is 4.57 Å². The first-order chi connectivity index (χ1) is 11.3. The number of nitrogens with zero attached hydrogens (tertiary/aromatic N) is 1. The molecule has 1 atom stereocenters. The number of hydrogen-bond donors (Lipinski definition) is 1. The summed E-state index contributed by atoms with van der Waals surface area (Å²) >= 11 is 7.42. The van der Waals surface area contributed by atoms with Crippen LogP contribution in [0.25, 0.3) is 0 Å². The predicted octanol–water partition coefficient (Wildman–Crippen LogP) is 4.72. The van der Waals surface area contributed by atoms with Crippen molar-refractivity contribution < 1.29 is 4.79 Å². The normalized spacial score (nSPS) is 17.6. The molecular weight excluding hydrogens is 340 g/mol. The highest BCUT2D eigenvalue weighted by Gasteiger charge is 2.31. The van der Waals surface area contributed by atoms with E-state index in [-0.39, 0.29) is 17.7 Å². The van der Waals surface area contributed by atoms with Crippen molar-refractivity contribution in [1.29, 1.82) is 5.41 Å². The molecule has 5 heteroatoms. The second-order valence-corrected chi connectivity index (χ2v) is 9.12. The molecule has 1 N–H and O–H groups in total. The molecule has 1 aliphatic carbocycles. The van der Waals surface area contributed by atoms with Gasteiger partial charge in [0, 0.05) is 21.2 Å². The van der Waals surface area contributed by atoms with Gasteiger partial charge in [-0.25, -0.2) is 0 Å². The third-order valence-corrected chi connectivity index (χ3v) is 6.28. The second kappa shape index (κ2) is 6.49. The van der Waals surface area contributed by atoms with Gasteiger partial charge in [-0.05, 0) is 54.9 Å². The number of benzene rings is 1. The molecule has 0 unspecified atom stereocenters. The first kappa shape index (κ1) is 17.4. The molecule has 0 fully saturated rings. The number of carbonyl (C=O) groups excluding carboxylic acids is 1. The Labute approximate surface area is 151 Å². The molecule has 0 aliphatic heterocycles. The Morgan fingerprint density at radius 2 is 2.00 bits per heavy atom. The largest absolute Gasteiger partial charge is 0.313 e. The number of thiazole rings is 1. The summed E-state index contributed by atoms with van der Waals surface area (Å²) in [5, 5.41) is 8.91. The minimum absolute atomic E-state index is 0.0312. The Morgan fingerprint density at radius 1 is 1.33 bits per heavy atom. The van der Waals surface area contributed by atoms with Crippen LogP contribution in [0.3, 0.4) is 0 Å². The van der Waals surface area contributed by atoms with Crippen LogP contribution in [0, 0.1) is 16.7 Å². The van der Waals surface area contributed by atoms with Crippen molar-refractivity contribution in [2.24, 2.45) is 11.3 Å². The topological polar surface area (TPSA) is 45.9 Å². The van der Waals surface area contributed by atoms with Gasteiger partial charge in [-0.1, -0.05) is 32.4 Å². The van der Waals surface area contributed by atoms with Gasteiger partial charge in [-0.15, -0.1) is 11.3 Å². The summed E-state index contributed by atoms with van der Waals surface area (Å²) < 4.78 is 1.90. The first-order valence-corrected chi connectivity index (χ1v) is 9.50. The summed E-state index contributed by atoms with van der Waals surface area (Å²) in [7, 11) is 0. The second-order valence-electron chi connectivity index (χ2n) is 7.60. The van der Waals surface area contributed by atoms with Gasteiger partial charge < -0.3 is 4.57 Å². The van der Waals surface area contributed by atoms with Crippen molar-refractivity contribution in [3.63, 3.8) is 0 Å². The van der Waals surface area contributed by atoms with E-state index < -0.39 is 0 Å². The van der Waals surface area contributed by atoms with E-state index in [0.717, 1.165) is 19.3 Å². The molecule has 1 heterocycles. The molecule has 0 saturated heterocycles. The van der Waals surface area contributed by atoms with Gasteiger partial charge in [-0.3, -0.25) is 10.2 Å². The zero-order valence-corrected chi connectivity index (χ0v) is 15.9. The van der Waals surface area contributed by atoms with Gasteiger partial charge in [0.05, 0.1) is 6.54 Å². The zero-order chi connectivity index (χ0) is 17.5. The maximum absolute atomic E-state index is 12.5. The molecule has 128 valence electrons. The van der Waals surface area contributed by atoms with Crippen molar-refractivity contribution >= 4 is 28.7 Å². The Hall–Kier alpha value is -1.39. The van der Waals surface area contributed by atoms with Crippen molar-refractivity contribution in [2.45, 2.75) is 46.6 Å². The third kappa shape index (κ3) is 3.50. The van der Waals surface area contributed by atoms with Crippen LogP contribution in [0.4, 0.5) is 0 Å². The predicted molar refractivity (Wildman–Crippen MR) is 98.9 cm³/mol. The highest BCUT2D eigenvalue weighted by Crippen LogP contribution is 2.38. The lowest BCUT2D eigenvalue weighted by molar-refractivity contribution is 0.0969. The molecule has 24 heavy (non-hydrogen) atoms. The molecule has 0 amide bonds. The van der Waals surface area contributed by atoms with Crippen LogP contribution in [0.5, 0.6) is 0 Å². The molecule has 3 nitrogen and oxygen atoms in total. The van der Waals surface area contributed by atoms with E-state index >= 15 is 0 Å². The van der Waals surface area contributed by atoms with Crippen LogP contribution < -0.4 is 4.80 Å². The lowest BCUT2D eigenvalue weighted by Crippen LogP contribution is -2.28. The molecule has 2 aromatic rings. The van der Waals surface area contributed by atoms with Gasteiger partial charge in [0.25, 0.3) is 0 Å². The quantitative estimate of drug-likeness (QED) is 0.789. The first-order valence-electron chi connectivity index (χ1n) is 8.30. The summed E-state index contributed by atoms with van der Waals surface area (Å²) in [6.45, 7) is 7.11. The SMILES string of the molecule is CC(C)(C)[C@@H]1CCc2c(sc(=N)n2CC(=O)c2ccc(Cl)cc2)C1. The zero-order valence-electron chi connectivity index (χ0n) is 14.4. The fourth-order valence-corrected chi connectivity index (χ4v) is 4.61. The maximum atomic E-state index is 12.5. The number of rotatable bonds is 3. The number of carbonyl (C=O) groups is 1. The Bertz CT molecular complexity index is 811. The molecule has 0 spiro atoms. The lowest BCUT2D eigenvalue weighted by atomic mass is 9.73. The van der Waals surface area contributed by atoms with Gasteiger partial charge in [-0.2, -0.15) is 0 Å². The monoisotopic (exact) mass is 362 g/mol. The molecule has 3 rings (SSSR count). The van der Waals surface area contributed by atoms with Gasteiger partial charge >= 0.3 is 0 Å². The van der Waals surface area contributed by atoms with Crippen LogP contribution in [0.15, 0.2) is 24.3 Å². The van der Waals surface area contributed by atoms with Crippen LogP contribution in [-0.2, 0) is 19.4 Å². The highest BCUT2D eigenvalue weighted by atomic mass is 35.5. The molecule has 0 saturated carbocycles. The summed E-state index contributed by atoms with van der Waals surface area (Å²) in [6.07, 6.45) is 3.11. The molecule has 1 aromatic carbocycles. The van der Waals surface area contributed by atoms with Crippen molar-refractivity contribution in [3.8, 4) is 0 Å². The van der Waals surface area contributed by atoms with Gasteiger partial charge in [0.15, 0.2) is 10.6 Å². The van der Waals surface area contributed by atoms with Crippen LogP contribution >= 0.6 is 22.9 Å². The molecule has 0 bridgehead atoms. The summed E-state index contributed by atoms with van der Waals surface area (Å²) in [4.78, 5) is 14.3. The van der Waals surface area contributed by atoms with Crippen LogP contribution in [-0.4, -0.2) is 10.4 Å². The number of Topliss-reactive ketones (excluding diaryl/α,β-unsaturated/α-hetero) is 1. The standard InChI is InChI=1S/C19H23ClN2OS/c1-19(2,3)13-6-9-15-17(10-13)24-18(21)22(15)11-16(23)12-4-7-14(20)8-5-12/h4-5,7-8,13,21H,6,9-11H2,1-3H3/t13-/m1/s1. The average molecular weight is 363 g/mol. The van der Waals surface area contributed by atoms with E-state index in [0.29, 0.717) is 21.3 Å². The molecule has 0 radical (unpaired) electrons. The van der Waals surface area contributed by atoms with Crippen LogP contribution in [0.1, 0.15) is 48.1 Å². The molecule has 1 aliphatic rings. The minimum Gasteiger partial charge on any atom is -0.313 e. The number of hydrogen-bond acceptors (Lipinski definition) is 3. The fraction of sp³-hybridized carbons (Fsp3) is 0.474. The smallest absolute Gasteiger partial charge is 0.182 e. The van der Waals surface area contributed by atoms with Crippen molar-refractivity contribution in [3.05, 3.63) is 50.2 Å². The number of fused-ring (bicyclic) bond motifs is 1. The average Bonchev–Trinajstić information content (AvgIpc) is 2.82. The van der Waals surface area contributed by atoms with E-state index in [1.807, 2.05) is 4.57 Å². The number of ketones is 1. The summed E-state index contributed by atoms with van der Waals surface area (Å²) in [6, 6.07) is 6.97. The van der Waals surface area contributed by atoms with E-state index in [9.17, 15) is 4.79 Å². The van der Waals surface area contributed by atoms with E-state index in [1.54, 1.807) is 24.3 Å². The Kier molecular flexibility index (Phi) is 4.71. The fourth-order valence-electron chi connectivity index (χ4n) is 3.35.